The Labute approximate surface area is 341 Å². The van der Waals surface area contributed by atoms with Crippen LogP contribution in [0.2, 0.25) is 0 Å². The van der Waals surface area contributed by atoms with Crippen LogP contribution in [-0.4, -0.2) is 100 Å². The number of piperidine rings is 1. The molecule has 13 nitrogen and oxygen atoms in total. The van der Waals surface area contributed by atoms with Crippen LogP contribution >= 0.6 is 11.3 Å². The fraction of sp³-hybridized carbons (Fsp3) is 0.581. The van der Waals surface area contributed by atoms with E-state index in [9.17, 15) is 24.3 Å². The van der Waals surface area contributed by atoms with Gasteiger partial charge in [-0.2, -0.15) is 0 Å². The van der Waals surface area contributed by atoms with E-state index >= 15 is 0 Å². The van der Waals surface area contributed by atoms with E-state index in [-0.39, 0.29) is 54.6 Å². The molecule has 57 heavy (non-hydrogen) atoms. The maximum atomic E-state index is 15.0. The predicted molar refractivity (Wildman–Crippen MR) is 220 cm³/mol. The number of methoxy groups -OCH3 is 1. The van der Waals surface area contributed by atoms with Crippen LogP contribution in [0.15, 0.2) is 60.1 Å². The number of aromatic nitrogens is 2. The van der Waals surface area contributed by atoms with Gasteiger partial charge in [-0.1, -0.05) is 83.9 Å². The first-order valence-corrected chi connectivity index (χ1v) is 21.0. The van der Waals surface area contributed by atoms with Gasteiger partial charge in [-0.15, -0.1) is 11.3 Å². The minimum Gasteiger partial charge on any atom is -0.481 e. The van der Waals surface area contributed by atoms with Crippen LogP contribution in [0, 0.1) is 17.8 Å². The van der Waals surface area contributed by atoms with Crippen molar-refractivity contribution in [3.63, 3.8) is 0 Å². The van der Waals surface area contributed by atoms with Crippen molar-refractivity contribution in [2.75, 3.05) is 27.5 Å². The highest BCUT2D eigenvalue weighted by Crippen LogP contribution is 2.32. The number of carbonyl (C=O) groups is 4. The fourth-order valence-electron chi connectivity index (χ4n) is 7.32. The zero-order chi connectivity index (χ0) is 41.5. The van der Waals surface area contributed by atoms with Gasteiger partial charge in [-0.25, -0.2) is 4.98 Å². The molecule has 3 heterocycles. The number of hydrogen-bond acceptors (Lipinski definition) is 10. The predicted octanol–water partition coefficient (Wildman–Crippen LogP) is 6.11. The highest BCUT2D eigenvalue weighted by atomic mass is 32.1. The summed E-state index contributed by atoms with van der Waals surface area (Å²) >= 11 is 1.28. The van der Waals surface area contributed by atoms with Gasteiger partial charge in [0.05, 0.1) is 12.0 Å². The Morgan fingerprint density at radius 3 is 2.39 bits per heavy atom. The highest BCUT2D eigenvalue weighted by Gasteiger charge is 2.38. The first-order valence-electron chi connectivity index (χ1n) is 20.2. The van der Waals surface area contributed by atoms with E-state index in [1.807, 2.05) is 68.3 Å². The van der Waals surface area contributed by atoms with Gasteiger partial charge in [0.2, 0.25) is 11.8 Å². The summed E-state index contributed by atoms with van der Waals surface area (Å²) in [6.07, 6.45) is 5.41. The van der Waals surface area contributed by atoms with Crippen molar-refractivity contribution in [3.8, 4) is 0 Å². The van der Waals surface area contributed by atoms with Crippen molar-refractivity contribution < 1.29 is 33.8 Å². The Bertz CT molecular complexity index is 1710. The van der Waals surface area contributed by atoms with E-state index in [0.29, 0.717) is 30.8 Å². The molecule has 1 aliphatic rings. The lowest BCUT2D eigenvalue weighted by Crippen LogP contribution is -2.58. The van der Waals surface area contributed by atoms with Gasteiger partial charge in [0, 0.05) is 55.9 Å². The summed E-state index contributed by atoms with van der Waals surface area (Å²) in [5, 5.41) is 18.0. The third kappa shape index (κ3) is 13.4. The summed E-state index contributed by atoms with van der Waals surface area (Å²) in [7, 11) is 3.50. The fourth-order valence-corrected chi connectivity index (χ4v) is 8.18. The van der Waals surface area contributed by atoms with E-state index in [1.54, 1.807) is 24.6 Å². The monoisotopic (exact) mass is 806 g/mol. The Balaban J connectivity index is 1.63. The van der Waals surface area contributed by atoms with Gasteiger partial charge < -0.3 is 30.1 Å². The number of carboxylic acids is 1. The van der Waals surface area contributed by atoms with Crippen LogP contribution < -0.4 is 10.6 Å². The Morgan fingerprint density at radius 2 is 1.75 bits per heavy atom. The van der Waals surface area contributed by atoms with Crippen molar-refractivity contribution in [2.24, 2.45) is 17.8 Å². The van der Waals surface area contributed by atoms with E-state index in [0.717, 1.165) is 37.1 Å². The number of ether oxygens (including phenoxy) is 2. The molecule has 1 aromatic carbocycles. The van der Waals surface area contributed by atoms with Gasteiger partial charge in [-0.3, -0.25) is 29.1 Å². The quantitative estimate of drug-likeness (QED) is 0.101. The molecule has 2 aromatic heterocycles. The van der Waals surface area contributed by atoms with Crippen LogP contribution in [0.25, 0.3) is 0 Å². The lowest BCUT2D eigenvalue weighted by Gasteiger charge is -2.40. The molecule has 0 aliphatic carbocycles. The lowest BCUT2D eigenvalue weighted by atomic mass is 9.91. The molecule has 1 aliphatic heterocycles. The molecule has 3 amide bonds. The SMILES string of the molecule is CCC(C)C(NC(=O)C1CCCCN1C)C(=O)N(Cc1ccccc1)[C@H](C[C@@H](OCOC)c1nc(C(=O)N[C@@H](Cc2ccccn2)C[C@H](C)C(=O)O)cs1)C(C)C. The lowest BCUT2D eigenvalue weighted by molar-refractivity contribution is -0.144. The normalized spacial score (nSPS) is 17.9. The summed E-state index contributed by atoms with van der Waals surface area (Å²) in [5.74, 6) is -2.49. The van der Waals surface area contributed by atoms with E-state index < -0.39 is 36.0 Å². The van der Waals surface area contributed by atoms with E-state index in [2.05, 4.69) is 34.4 Å². The number of nitrogens with one attached hydrogen (secondary N) is 2. The minimum atomic E-state index is -0.946. The molecule has 3 unspecified atom stereocenters. The molecule has 0 saturated carbocycles. The zero-order valence-corrected chi connectivity index (χ0v) is 35.4. The van der Waals surface area contributed by atoms with Crippen molar-refractivity contribution in [1.29, 1.82) is 0 Å². The molecular formula is C43H62N6O7S. The number of rotatable bonds is 22. The Hall–Kier alpha value is -4.24. The molecular weight excluding hydrogens is 745 g/mol. The number of likely N-dealkylation sites (N-methyl/N-ethyl adjacent to an activating group) is 1. The van der Waals surface area contributed by atoms with E-state index in [4.69, 9.17) is 14.5 Å². The maximum Gasteiger partial charge on any atom is 0.306 e. The number of benzene rings is 1. The Morgan fingerprint density at radius 1 is 1.02 bits per heavy atom. The molecule has 0 spiro atoms. The van der Waals surface area contributed by atoms with Crippen molar-refractivity contribution in [3.05, 3.63) is 82.1 Å². The molecule has 1 fully saturated rings. The van der Waals surface area contributed by atoms with Crippen molar-refractivity contribution >= 4 is 35.0 Å². The number of amides is 3. The maximum absolute atomic E-state index is 15.0. The smallest absolute Gasteiger partial charge is 0.306 e. The highest BCUT2D eigenvalue weighted by molar-refractivity contribution is 7.09. The van der Waals surface area contributed by atoms with Crippen molar-refractivity contribution in [1.82, 2.24) is 30.4 Å². The number of carbonyl (C=O) groups excluding carboxylic acids is 3. The zero-order valence-electron chi connectivity index (χ0n) is 34.6. The second kappa shape index (κ2) is 22.6. The molecule has 3 aromatic rings. The summed E-state index contributed by atoms with van der Waals surface area (Å²) in [4.78, 5) is 67.3. The number of thiazole rings is 1. The first-order chi connectivity index (χ1) is 27.3. The van der Waals surface area contributed by atoms with Crippen molar-refractivity contribution in [2.45, 2.75) is 116 Å². The first kappa shape index (κ1) is 45.5. The summed E-state index contributed by atoms with van der Waals surface area (Å²) in [6, 6.07) is 13.4. The molecule has 312 valence electrons. The topological polar surface area (TPSA) is 163 Å². The van der Waals surface area contributed by atoms with Gasteiger partial charge in [0.25, 0.3) is 5.91 Å². The number of nitrogens with zero attached hydrogens (tertiary/aromatic N) is 4. The second-order valence-corrected chi connectivity index (χ2v) is 16.6. The standard InChI is InChI=1S/C43H62N6O7S/c1-8-29(4)38(47-40(51)35-19-13-15-21-48(35)6)42(52)49(25-31-16-10-9-11-17-31)36(28(2)3)24-37(56-27-55-7)41-46-34(26-57-41)39(50)45-33(22-30(5)43(53)54)23-32-18-12-14-20-44-32/h9-12,14,16-18,20,26,28-30,33,35-38H,8,13,15,19,21-25,27H2,1-7H3,(H,45,50)(H,47,51)(H,53,54)/t29?,30-,33+,35?,36+,37+,38?/m0/s1. The summed E-state index contributed by atoms with van der Waals surface area (Å²) < 4.78 is 11.6. The van der Waals surface area contributed by atoms with Crippen LogP contribution in [0.4, 0.5) is 0 Å². The van der Waals surface area contributed by atoms with Gasteiger partial charge in [-0.05, 0) is 62.4 Å². The average molecular weight is 807 g/mol. The van der Waals surface area contributed by atoms with E-state index in [1.165, 1.54) is 18.4 Å². The molecule has 14 heteroatoms. The largest absolute Gasteiger partial charge is 0.481 e. The average Bonchev–Trinajstić information content (AvgIpc) is 3.70. The van der Waals surface area contributed by atoms with Gasteiger partial charge in [0.1, 0.15) is 29.6 Å². The summed E-state index contributed by atoms with van der Waals surface area (Å²) in [5.41, 5.74) is 1.87. The molecule has 0 radical (unpaired) electrons. The van der Waals surface area contributed by atoms with Crippen LogP contribution in [0.3, 0.4) is 0 Å². The van der Waals surface area contributed by atoms with Crippen LogP contribution in [0.1, 0.15) is 106 Å². The molecule has 1 saturated heterocycles. The number of pyridine rings is 1. The van der Waals surface area contributed by atoms with Gasteiger partial charge >= 0.3 is 5.97 Å². The second-order valence-electron chi connectivity index (χ2n) is 15.7. The van der Waals surface area contributed by atoms with Crippen LogP contribution in [0.5, 0.6) is 0 Å². The van der Waals surface area contributed by atoms with Crippen LogP contribution in [-0.2, 0) is 36.8 Å². The third-order valence-electron chi connectivity index (χ3n) is 10.9. The molecule has 7 atom stereocenters. The number of carboxylic acid groups (broad SMARTS) is 1. The minimum absolute atomic E-state index is 0.0321. The molecule has 4 rings (SSSR count). The number of likely N-dealkylation sites (tertiary alicyclic amines) is 1. The molecule has 0 bridgehead atoms. The number of hydrogen-bond donors (Lipinski definition) is 3. The number of aliphatic carboxylic acids is 1. The summed E-state index contributed by atoms with van der Waals surface area (Å²) in [6.45, 7) is 10.9. The third-order valence-corrected chi connectivity index (χ3v) is 11.9. The Kier molecular flexibility index (Phi) is 18.1. The molecule has 3 N–H and O–H groups in total. The van der Waals surface area contributed by atoms with Gasteiger partial charge in [0.15, 0.2) is 0 Å².